The van der Waals surface area contributed by atoms with Gasteiger partial charge < -0.3 is 14.9 Å². The summed E-state index contributed by atoms with van der Waals surface area (Å²) in [5, 5.41) is 0. The van der Waals surface area contributed by atoms with Crippen LogP contribution in [0.15, 0.2) is 35.3 Å². The van der Waals surface area contributed by atoms with Gasteiger partial charge in [0.1, 0.15) is 13.9 Å². The third kappa shape index (κ3) is 6.10. The fourth-order valence-corrected chi connectivity index (χ4v) is 8.73. The Balaban J connectivity index is 0.00000121. The molecule has 154 valence electrons. The van der Waals surface area contributed by atoms with Crippen molar-refractivity contribution in [1.29, 1.82) is 0 Å². The molecular weight excluding hydrogens is 396 g/mol. The summed E-state index contributed by atoms with van der Waals surface area (Å²) in [6.45, 7) is 5.40. The minimum atomic E-state index is -0.554. The van der Waals surface area contributed by atoms with Crippen LogP contribution in [-0.2, 0) is 16.5 Å². The predicted molar refractivity (Wildman–Crippen MR) is 118 cm³/mol. The van der Waals surface area contributed by atoms with Crippen LogP contribution >= 0.6 is 8.22 Å². The second-order valence-corrected chi connectivity index (χ2v) is 10.3. The van der Waals surface area contributed by atoms with E-state index in [0.717, 1.165) is 11.3 Å². The Morgan fingerprint density at radius 1 is 0.815 bits per heavy atom. The van der Waals surface area contributed by atoms with Gasteiger partial charge in [0.15, 0.2) is 0 Å². The first kappa shape index (κ1) is 24.8. The van der Waals surface area contributed by atoms with Gasteiger partial charge in [0, 0.05) is 38.3 Å². The molecule has 2 heterocycles. The van der Waals surface area contributed by atoms with Crippen LogP contribution in [0.4, 0.5) is 5.69 Å². The normalized spacial score (nSPS) is 26.1. The summed E-state index contributed by atoms with van der Waals surface area (Å²) in [5.74, 6) is 0.695. The minimum Gasteiger partial charge on any atom is -0.358 e. The van der Waals surface area contributed by atoms with Crippen LogP contribution in [0, 0.1) is 20.8 Å². The molecule has 3 aliphatic rings. The molecule has 2 saturated heterocycles. The van der Waals surface area contributed by atoms with E-state index < -0.39 is 8.22 Å². The maximum Gasteiger partial charge on any atom is 2.00 e. The molecule has 1 aromatic rings. The van der Waals surface area contributed by atoms with Crippen molar-refractivity contribution in [3.63, 3.8) is 0 Å². The van der Waals surface area contributed by atoms with E-state index in [1.807, 2.05) is 0 Å². The number of benzene rings is 1. The molecule has 27 heavy (non-hydrogen) atoms. The van der Waals surface area contributed by atoms with Gasteiger partial charge in [-0.2, -0.15) is 9.34 Å². The van der Waals surface area contributed by atoms with E-state index >= 15 is 0 Å². The summed E-state index contributed by atoms with van der Waals surface area (Å²) in [4.78, 5) is 4.83. The molecule has 5 heteroatoms. The van der Waals surface area contributed by atoms with E-state index in [0.29, 0.717) is 5.92 Å². The average Bonchev–Trinajstić information content (AvgIpc) is 3.39. The van der Waals surface area contributed by atoms with Crippen LogP contribution in [0.1, 0.15) is 44.9 Å². The predicted octanol–water partition coefficient (Wildman–Crippen LogP) is 5.69. The van der Waals surface area contributed by atoms with Crippen LogP contribution in [0.3, 0.4) is 0 Å². The number of aliphatic imine (C=N–C) groups is 1. The zero-order valence-electron chi connectivity index (χ0n) is 17.1. The van der Waals surface area contributed by atoms with E-state index in [4.69, 9.17) is 4.99 Å². The van der Waals surface area contributed by atoms with Crippen LogP contribution in [0.5, 0.6) is 0 Å². The van der Waals surface area contributed by atoms with Gasteiger partial charge in [-0.05, 0) is 57.1 Å². The van der Waals surface area contributed by atoms with Crippen molar-refractivity contribution in [3.8, 4) is 0 Å². The molecule has 2 aliphatic heterocycles. The Kier molecular flexibility index (Phi) is 11.3. The molecule has 1 saturated carbocycles. The zero-order chi connectivity index (χ0) is 16.2. The maximum atomic E-state index is 4.83. The molecule has 0 amide bonds. The zero-order valence-corrected chi connectivity index (χ0v) is 19.0. The molecule has 2 unspecified atom stereocenters. The Hall–Kier alpha value is -0.266. The molecular formula is C22H37N3NiP+. The minimum absolute atomic E-state index is 0. The first-order chi connectivity index (χ1) is 11.9. The molecule has 1 aliphatic carbocycles. The quantitative estimate of drug-likeness (QED) is 0.257. The fourth-order valence-electron chi connectivity index (χ4n) is 4.75. The van der Waals surface area contributed by atoms with E-state index in [-0.39, 0.29) is 31.3 Å². The van der Waals surface area contributed by atoms with Gasteiger partial charge in [-0.1, -0.05) is 18.2 Å². The number of hydrogen-bond acceptors (Lipinski definition) is 3. The Morgan fingerprint density at radius 3 is 1.93 bits per heavy atom. The van der Waals surface area contributed by atoms with Crippen LogP contribution in [0.2, 0.25) is 0 Å². The van der Waals surface area contributed by atoms with Crippen molar-refractivity contribution in [2.45, 2.75) is 50.6 Å². The summed E-state index contributed by atoms with van der Waals surface area (Å²) in [7, 11) is -0.554. The SMILES string of the molecule is C(=Nc1ccccc1)C1CCCC1[PH+](N1CCCC1)N1CCCC1.[CH3-].[CH3-].[Ni+2]. The second kappa shape index (κ2) is 12.3. The van der Waals surface area contributed by atoms with Gasteiger partial charge in [0.25, 0.3) is 0 Å². The van der Waals surface area contributed by atoms with Crippen molar-refractivity contribution in [2.24, 2.45) is 10.9 Å². The van der Waals surface area contributed by atoms with Crippen LogP contribution < -0.4 is 0 Å². The van der Waals surface area contributed by atoms with Crippen molar-refractivity contribution in [2.75, 3.05) is 26.2 Å². The Morgan fingerprint density at radius 2 is 1.37 bits per heavy atom. The van der Waals surface area contributed by atoms with Crippen molar-refractivity contribution in [3.05, 3.63) is 45.2 Å². The molecule has 1 aromatic carbocycles. The second-order valence-electron chi connectivity index (χ2n) is 7.56. The van der Waals surface area contributed by atoms with E-state index in [1.54, 1.807) is 0 Å². The first-order valence-electron chi connectivity index (χ1n) is 9.88. The summed E-state index contributed by atoms with van der Waals surface area (Å²) >= 11 is 0. The summed E-state index contributed by atoms with van der Waals surface area (Å²) in [5.41, 5.74) is 1.98. The molecule has 0 bridgehead atoms. The number of nitrogens with zero attached hydrogens (tertiary/aromatic N) is 3. The van der Waals surface area contributed by atoms with E-state index in [1.165, 1.54) is 71.1 Å². The summed E-state index contributed by atoms with van der Waals surface area (Å²) in [6.07, 6.45) is 12.1. The number of para-hydroxylation sites is 1. The Bertz CT molecular complexity index is 526. The maximum absolute atomic E-state index is 4.83. The molecule has 3 nitrogen and oxygen atoms in total. The van der Waals surface area contributed by atoms with Crippen LogP contribution in [-0.4, -0.2) is 47.4 Å². The molecule has 4 rings (SSSR count). The molecule has 0 spiro atoms. The molecule has 0 N–H and O–H groups in total. The largest absolute Gasteiger partial charge is 2.00 e. The topological polar surface area (TPSA) is 18.8 Å². The van der Waals surface area contributed by atoms with Gasteiger partial charge in [0.2, 0.25) is 0 Å². The number of rotatable bonds is 5. The molecule has 2 atom stereocenters. The smallest absolute Gasteiger partial charge is 0.358 e. The standard InChI is InChI=1S/C20H30N3P.2CH3.Ni/c1-2-10-19(11-3-1)21-17-18-9-8-12-20(18)24(22-13-4-5-14-22)23-15-6-7-16-23;;;/h1-3,10-11,17-18,20H,4-9,12-16H2;2*1H3;/q;2*-1;+2/p+1. The van der Waals surface area contributed by atoms with Crippen molar-refractivity contribution >= 4 is 20.1 Å². The monoisotopic (exact) mass is 432 g/mol. The number of hydrogen-bond donors (Lipinski definition) is 0. The van der Waals surface area contributed by atoms with Crippen LogP contribution in [0.25, 0.3) is 0 Å². The van der Waals surface area contributed by atoms with Gasteiger partial charge in [-0.15, -0.1) is 0 Å². The molecule has 0 aromatic heterocycles. The molecule has 0 radical (unpaired) electrons. The third-order valence-corrected chi connectivity index (χ3v) is 9.50. The van der Waals surface area contributed by atoms with Gasteiger partial charge in [0.05, 0.1) is 5.69 Å². The Labute approximate surface area is 178 Å². The van der Waals surface area contributed by atoms with Gasteiger partial charge >= 0.3 is 16.5 Å². The average molecular weight is 433 g/mol. The van der Waals surface area contributed by atoms with Gasteiger partial charge in [-0.3, -0.25) is 4.99 Å². The first-order valence-corrected chi connectivity index (χ1v) is 11.3. The summed E-state index contributed by atoms with van der Waals surface area (Å²) in [6, 6.07) is 10.5. The summed E-state index contributed by atoms with van der Waals surface area (Å²) < 4.78 is 5.80. The van der Waals surface area contributed by atoms with Crippen molar-refractivity contribution < 1.29 is 16.5 Å². The van der Waals surface area contributed by atoms with E-state index in [9.17, 15) is 0 Å². The third-order valence-electron chi connectivity index (χ3n) is 5.93. The fraction of sp³-hybridized carbons (Fsp3) is 0.591. The van der Waals surface area contributed by atoms with Crippen molar-refractivity contribution in [1.82, 2.24) is 9.34 Å². The molecule has 3 fully saturated rings. The van der Waals surface area contributed by atoms with E-state index in [2.05, 4.69) is 45.9 Å². The van der Waals surface area contributed by atoms with Gasteiger partial charge in [-0.25, -0.2) is 0 Å².